The van der Waals surface area contributed by atoms with Gasteiger partial charge in [-0.25, -0.2) is 8.42 Å². The zero-order valence-corrected chi connectivity index (χ0v) is 10.4. The average molecular weight is 267 g/mol. The van der Waals surface area contributed by atoms with Crippen molar-refractivity contribution in [3.05, 3.63) is 28.8 Å². The maximum absolute atomic E-state index is 11.2. The molecule has 82 valence electrons. The van der Waals surface area contributed by atoms with Gasteiger partial charge >= 0.3 is 0 Å². The molecule has 0 bridgehead atoms. The lowest BCUT2D eigenvalue weighted by Crippen LogP contribution is -2.03. The van der Waals surface area contributed by atoms with Gasteiger partial charge in [-0.3, -0.25) is 4.79 Å². The van der Waals surface area contributed by atoms with E-state index in [0.717, 1.165) is 0 Å². The number of benzene rings is 1. The summed E-state index contributed by atoms with van der Waals surface area (Å²) in [4.78, 5) is 11.0. The van der Waals surface area contributed by atoms with Crippen molar-refractivity contribution in [3.8, 4) is 0 Å². The summed E-state index contributed by atoms with van der Waals surface area (Å²) in [5.74, 6) is 0. The Kier molecular flexibility index (Phi) is 3.43. The van der Waals surface area contributed by atoms with Crippen LogP contribution in [0.4, 0.5) is 0 Å². The van der Waals surface area contributed by atoms with Gasteiger partial charge < -0.3 is 0 Å². The molecule has 0 aliphatic rings. The quantitative estimate of drug-likeness (QED) is 0.774. The van der Waals surface area contributed by atoms with Crippen LogP contribution >= 0.6 is 22.3 Å². The molecule has 0 aromatic heterocycles. The second-order valence-corrected chi connectivity index (χ2v) is 5.97. The third-order valence-electron chi connectivity index (χ3n) is 2.08. The van der Waals surface area contributed by atoms with E-state index in [9.17, 15) is 13.2 Å². The van der Waals surface area contributed by atoms with E-state index in [4.69, 9.17) is 22.3 Å². The second kappa shape index (κ2) is 4.12. The minimum atomic E-state index is -3.84. The van der Waals surface area contributed by atoms with Crippen LogP contribution in [0.25, 0.3) is 0 Å². The normalized spacial score (nSPS) is 11.5. The molecule has 0 atom stereocenters. The number of rotatable bonds is 2. The van der Waals surface area contributed by atoms with Crippen LogP contribution in [0.15, 0.2) is 17.0 Å². The predicted molar refractivity (Wildman–Crippen MR) is 59.1 cm³/mol. The SMILES string of the molecule is Cc1ccc(S(=O)(=O)Cl)c(C)c1C(=O)Cl. The highest BCUT2D eigenvalue weighted by molar-refractivity contribution is 8.13. The van der Waals surface area contributed by atoms with Gasteiger partial charge in [-0.05, 0) is 42.6 Å². The molecule has 0 unspecified atom stereocenters. The molecular weight excluding hydrogens is 259 g/mol. The van der Waals surface area contributed by atoms with Gasteiger partial charge in [-0.1, -0.05) is 6.07 Å². The van der Waals surface area contributed by atoms with Crippen LogP contribution in [-0.4, -0.2) is 13.7 Å². The van der Waals surface area contributed by atoms with E-state index in [1.54, 1.807) is 6.92 Å². The Morgan fingerprint density at radius 1 is 1.27 bits per heavy atom. The maximum Gasteiger partial charge on any atom is 0.261 e. The lowest BCUT2D eigenvalue weighted by atomic mass is 10.0. The smallest absolute Gasteiger partial charge is 0.261 e. The molecule has 1 aromatic rings. The summed E-state index contributed by atoms with van der Waals surface area (Å²) in [5.41, 5.74) is 1.10. The molecule has 0 saturated carbocycles. The molecule has 0 spiro atoms. The molecule has 6 heteroatoms. The van der Waals surface area contributed by atoms with Crippen LogP contribution < -0.4 is 0 Å². The Morgan fingerprint density at radius 2 is 1.80 bits per heavy atom. The van der Waals surface area contributed by atoms with E-state index in [-0.39, 0.29) is 16.0 Å². The van der Waals surface area contributed by atoms with Crippen molar-refractivity contribution in [1.82, 2.24) is 0 Å². The van der Waals surface area contributed by atoms with Crippen molar-refractivity contribution < 1.29 is 13.2 Å². The monoisotopic (exact) mass is 266 g/mol. The molecule has 15 heavy (non-hydrogen) atoms. The summed E-state index contributed by atoms with van der Waals surface area (Å²) in [6.45, 7) is 3.17. The van der Waals surface area contributed by atoms with Gasteiger partial charge in [0.2, 0.25) is 0 Å². The van der Waals surface area contributed by atoms with E-state index in [2.05, 4.69) is 0 Å². The molecule has 1 aromatic carbocycles. The molecule has 0 aliphatic carbocycles. The predicted octanol–water partition coefficient (Wildman–Crippen LogP) is 2.61. The number of carbonyl (C=O) groups is 1. The van der Waals surface area contributed by atoms with Crippen LogP contribution in [0.3, 0.4) is 0 Å². The molecule has 0 fully saturated rings. The number of hydrogen-bond donors (Lipinski definition) is 0. The first kappa shape index (κ1) is 12.5. The van der Waals surface area contributed by atoms with Crippen molar-refractivity contribution >= 4 is 36.6 Å². The van der Waals surface area contributed by atoms with Crippen LogP contribution in [0.5, 0.6) is 0 Å². The lowest BCUT2D eigenvalue weighted by molar-refractivity contribution is 0.108. The summed E-state index contributed by atoms with van der Waals surface area (Å²) in [6, 6.07) is 2.86. The van der Waals surface area contributed by atoms with Crippen LogP contribution in [0, 0.1) is 13.8 Å². The molecule has 0 aliphatic heterocycles. The van der Waals surface area contributed by atoms with Crippen molar-refractivity contribution in [1.29, 1.82) is 0 Å². The van der Waals surface area contributed by atoms with Gasteiger partial charge in [0.1, 0.15) is 0 Å². The van der Waals surface area contributed by atoms with Crippen molar-refractivity contribution in [2.24, 2.45) is 0 Å². The van der Waals surface area contributed by atoms with E-state index in [1.807, 2.05) is 0 Å². The summed E-state index contributed by atoms with van der Waals surface area (Å²) in [5, 5.41) is -0.688. The third-order valence-corrected chi connectivity index (χ3v) is 3.74. The Labute approximate surface area is 97.4 Å². The average Bonchev–Trinajstić information content (AvgIpc) is 2.00. The Hall–Kier alpha value is -0.580. The van der Waals surface area contributed by atoms with E-state index >= 15 is 0 Å². The highest BCUT2D eigenvalue weighted by Gasteiger charge is 2.19. The lowest BCUT2D eigenvalue weighted by Gasteiger charge is -2.08. The zero-order valence-electron chi connectivity index (χ0n) is 8.04. The first-order chi connectivity index (χ1) is 6.75. The van der Waals surface area contributed by atoms with Crippen molar-refractivity contribution in [2.75, 3.05) is 0 Å². The van der Waals surface area contributed by atoms with Gasteiger partial charge in [0.05, 0.1) is 4.90 Å². The summed E-state index contributed by atoms with van der Waals surface area (Å²) in [7, 11) is 1.37. The minimum absolute atomic E-state index is 0.0845. The van der Waals surface area contributed by atoms with Crippen LogP contribution in [-0.2, 0) is 9.05 Å². The van der Waals surface area contributed by atoms with Gasteiger partial charge in [0.15, 0.2) is 0 Å². The topological polar surface area (TPSA) is 51.2 Å². The highest BCUT2D eigenvalue weighted by Crippen LogP contribution is 2.25. The van der Waals surface area contributed by atoms with Gasteiger partial charge in [0.25, 0.3) is 14.3 Å². The van der Waals surface area contributed by atoms with Gasteiger partial charge in [-0.15, -0.1) is 0 Å². The molecular formula is C9H8Cl2O3S. The third kappa shape index (κ3) is 2.51. The first-order valence-corrected chi connectivity index (χ1v) is 6.68. The number of halogens is 2. The molecule has 1 rings (SSSR count). The largest absolute Gasteiger partial charge is 0.276 e. The Bertz CT molecular complexity index is 520. The second-order valence-electron chi connectivity index (χ2n) is 3.09. The van der Waals surface area contributed by atoms with Crippen LogP contribution in [0.1, 0.15) is 21.5 Å². The van der Waals surface area contributed by atoms with E-state index in [0.29, 0.717) is 5.56 Å². The van der Waals surface area contributed by atoms with E-state index < -0.39 is 14.3 Å². The number of hydrogen-bond acceptors (Lipinski definition) is 3. The highest BCUT2D eigenvalue weighted by atomic mass is 35.7. The summed E-state index contributed by atoms with van der Waals surface area (Å²) >= 11 is 5.36. The molecule has 0 amide bonds. The molecule has 0 saturated heterocycles. The first-order valence-electron chi connectivity index (χ1n) is 4.00. The van der Waals surface area contributed by atoms with Crippen molar-refractivity contribution in [2.45, 2.75) is 18.7 Å². The Balaban J connectivity index is 3.64. The molecule has 0 N–H and O–H groups in total. The van der Waals surface area contributed by atoms with Crippen LogP contribution in [0.2, 0.25) is 0 Å². The number of carbonyl (C=O) groups excluding carboxylic acids is 1. The molecule has 3 nitrogen and oxygen atoms in total. The summed E-state index contributed by atoms with van der Waals surface area (Å²) in [6.07, 6.45) is 0. The maximum atomic E-state index is 11.2. The number of aryl methyl sites for hydroxylation is 1. The van der Waals surface area contributed by atoms with E-state index in [1.165, 1.54) is 19.1 Å². The zero-order chi connectivity index (χ0) is 11.8. The fourth-order valence-corrected chi connectivity index (χ4v) is 2.89. The standard InChI is InChI=1S/C9H8Cl2O3S/c1-5-3-4-7(15(11,13)14)6(2)8(5)9(10)12/h3-4H,1-2H3. The molecule has 0 heterocycles. The van der Waals surface area contributed by atoms with Crippen molar-refractivity contribution in [3.63, 3.8) is 0 Å². The minimum Gasteiger partial charge on any atom is -0.276 e. The fraction of sp³-hybridized carbons (Fsp3) is 0.222. The Morgan fingerprint density at radius 3 is 2.20 bits per heavy atom. The van der Waals surface area contributed by atoms with Gasteiger partial charge in [-0.2, -0.15) is 0 Å². The fourth-order valence-electron chi connectivity index (χ4n) is 1.39. The van der Waals surface area contributed by atoms with Gasteiger partial charge in [0, 0.05) is 16.2 Å². The summed E-state index contributed by atoms with van der Waals surface area (Å²) < 4.78 is 22.3. The molecule has 0 radical (unpaired) electrons.